The van der Waals surface area contributed by atoms with Crippen molar-refractivity contribution >= 4 is 17.2 Å². The number of ether oxygens (including phenoxy) is 1. The Morgan fingerprint density at radius 3 is 2.71 bits per heavy atom. The lowest BCUT2D eigenvalue weighted by Gasteiger charge is -2.38. The number of nitriles is 1. The maximum atomic E-state index is 12.2. The maximum absolute atomic E-state index is 12.2. The Morgan fingerprint density at radius 2 is 2.14 bits per heavy atom. The minimum atomic E-state index is 0.00936. The molecule has 0 radical (unpaired) electrons. The number of rotatable bonds is 3. The quantitative estimate of drug-likeness (QED) is 0.871. The number of hydrogen-bond acceptors (Lipinski definition) is 5. The van der Waals surface area contributed by atoms with E-state index in [2.05, 4.69) is 11.1 Å². The molecule has 1 aromatic heterocycles. The van der Waals surface area contributed by atoms with Gasteiger partial charge in [-0.1, -0.05) is 0 Å². The van der Waals surface area contributed by atoms with Crippen molar-refractivity contribution in [1.82, 2.24) is 9.88 Å². The van der Waals surface area contributed by atoms with E-state index in [1.807, 2.05) is 6.92 Å². The van der Waals surface area contributed by atoms with Crippen LogP contribution in [0.5, 0.6) is 5.75 Å². The largest absolute Gasteiger partial charge is 0.487 e. The van der Waals surface area contributed by atoms with Crippen molar-refractivity contribution in [2.24, 2.45) is 0 Å². The van der Waals surface area contributed by atoms with E-state index in [4.69, 9.17) is 10.00 Å². The SMILES string of the molecule is Cc1ncsc1C(=O)N1CC(Oc2ccc(C#N)cc2)C1. The molecule has 21 heavy (non-hydrogen) atoms. The molecule has 0 N–H and O–H groups in total. The van der Waals surface area contributed by atoms with E-state index in [1.165, 1.54) is 11.3 Å². The predicted octanol–water partition coefficient (Wildman–Crippen LogP) is 2.23. The summed E-state index contributed by atoms with van der Waals surface area (Å²) in [6.07, 6.45) is 0.00936. The molecule has 0 spiro atoms. The van der Waals surface area contributed by atoms with Crippen LogP contribution in [0.4, 0.5) is 0 Å². The van der Waals surface area contributed by atoms with Gasteiger partial charge >= 0.3 is 0 Å². The molecular formula is C15H13N3O2S. The lowest BCUT2D eigenvalue weighted by atomic mass is 10.1. The van der Waals surface area contributed by atoms with Crippen molar-refractivity contribution in [1.29, 1.82) is 5.26 Å². The van der Waals surface area contributed by atoms with Crippen molar-refractivity contribution < 1.29 is 9.53 Å². The fourth-order valence-corrected chi connectivity index (χ4v) is 2.90. The smallest absolute Gasteiger partial charge is 0.266 e. The molecule has 106 valence electrons. The van der Waals surface area contributed by atoms with Crippen LogP contribution in [-0.2, 0) is 0 Å². The second kappa shape index (κ2) is 5.54. The first-order chi connectivity index (χ1) is 10.2. The first-order valence-electron chi connectivity index (χ1n) is 6.53. The highest BCUT2D eigenvalue weighted by Crippen LogP contribution is 2.22. The number of aromatic nitrogens is 1. The van der Waals surface area contributed by atoms with Crippen LogP contribution in [0, 0.1) is 18.3 Å². The van der Waals surface area contributed by atoms with Gasteiger partial charge in [-0.2, -0.15) is 5.26 Å². The van der Waals surface area contributed by atoms with Crippen molar-refractivity contribution in [2.45, 2.75) is 13.0 Å². The molecule has 1 fully saturated rings. The van der Waals surface area contributed by atoms with Gasteiger partial charge in [0.15, 0.2) is 0 Å². The summed E-state index contributed by atoms with van der Waals surface area (Å²) in [4.78, 5) is 18.7. The number of benzene rings is 1. The Morgan fingerprint density at radius 1 is 1.43 bits per heavy atom. The summed E-state index contributed by atoms with van der Waals surface area (Å²) in [6.45, 7) is 3.00. The van der Waals surface area contributed by atoms with Crippen LogP contribution >= 0.6 is 11.3 Å². The van der Waals surface area contributed by atoms with E-state index in [-0.39, 0.29) is 12.0 Å². The molecule has 0 saturated carbocycles. The summed E-state index contributed by atoms with van der Waals surface area (Å²) in [5, 5.41) is 8.74. The van der Waals surface area contributed by atoms with E-state index in [0.29, 0.717) is 23.5 Å². The van der Waals surface area contributed by atoms with Gasteiger partial charge in [-0.05, 0) is 31.2 Å². The number of amides is 1. The number of aryl methyl sites for hydroxylation is 1. The van der Waals surface area contributed by atoms with Gasteiger partial charge in [0, 0.05) is 0 Å². The maximum Gasteiger partial charge on any atom is 0.266 e. The summed E-state index contributed by atoms with van der Waals surface area (Å²) in [6, 6.07) is 9.05. The highest BCUT2D eigenvalue weighted by molar-refractivity contribution is 7.11. The summed E-state index contributed by atoms with van der Waals surface area (Å²) in [5.41, 5.74) is 3.07. The van der Waals surface area contributed by atoms with Crippen LogP contribution in [0.25, 0.3) is 0 Å². The van der Waals surface area contributed by atoms with Crippen LogP contribution in [0.2, 0.25) is 0 Å². The van der Waals surface area contributed by atoms with Gasteiger partial charge in [0.2, 0.25) is 0 Å². The highest BCUT2D eigenvalue weighted by atomic mass is 32.1. The average molecular weight is 299 g/mol. The predicted molar refractivity (Wildman–Crippen MR) is 78.3 cm³/mol. The lowest BCUT2D eigenvalue weighted by Crippen LogP contribution is -2.56. The van der Waals surface area contributed by atoms with Gasteiger partial charge < -0.3 is 9.64 Å². The van der Waals surface area contributed by atoms with Crippen LogP contribution in [0.1, 0.15) is 20.9 Å². The van der Waals surface area contributed by atoms with Crippen LogP contribution < -0.4 is 4.74 Å². The Hall–Kier alpha value is -2.39. The number of hydrogen-bond donors (Lipinski definition) is 0. The third-order valence-corrected chi connectivity index (χ3v) is 4.28. The molecule has 5 nitrogen and oxygen atoms in total. The molecule has 3 rings (SSSR count). The molecule has 1 aromatic carbocycles. The van der Waals surface area contributed by atoms with Gasteiger partial charge in [-0.15, -0.1) is 11.3 Å². The minimum Gasteiger partial charge on any atom is -0.487 e. The molecule has 6 heteroatoms. The van der Waals surface area contributed by atoms with E-state index in [9.17, 15) is 4.79 Å². The normalized spacial score (nSPS) is 14.4. The van der Waals surface area contributed by atoms with Crippen molar-refractivity contribution in [3.05, 3.63) is 45.9 Å². The fraction of sp³-hybridized carbons (Fsp3) is 0.267. The second-order valence-electron chi connectivity index (χ2n) is 4.85. The third kappa shape index (κ3) is 2.73. The van der Waals surface area contributed by atoms with Crippen LogP contribution in [0.15, 0.2) is 29.8 Å². The van der Waals surface area contributed by atoms with E-state index in [1.54, 1.807) is 34.7 Å². The molecule has 2 aromatic rings. The summed E-state index contributed by atoms with van der Waals surface area (Å²) in [5.74, 6) is 0.745. The molecule has 1 aliphatic rings. The molecule has 0 aliphatic carbocycles. The topological polar surface area (TPSA) is 66.2 Å². The zero-order valence-electron chi connectivity index (χ0n) is 11.4. The Bertz CT molecular complexity index is 696. The summed E-state index contributed by atoms with van der Waals surface area (Å²) < 4.78 is 5.76. The van der Waals surface area contributed by atoms with E-state index < -0.39 is 0 Å². The van der Waals surface area contributed by atoms with Crippen molar-refractivity contribution in [3.63, 3.8) is 0 Å². The molecule has 1 saturated heterocycles. The second-order valence-corrected chi connectivity index (χ2v) is 5.71. The van der Waals surface area contributed by atoms with Gasteiger partial charge in [-0.3, -0.25) is 4.79 Å². The standard InChI is InChI=1S/C15H13N3O2S/c1-10-14(21-9-17-10)15(19)18-7-13(8-18)20-12-4-2-11(6-16)3-5-12/h2-5,9,13H,7-8H2,1H3. The molecule has 0 unspecified atom stereocenters. The molecule has 1 amide bonds. The van der Waals surface area contributed by atoms with Crippen molar-refractivity contribution in [2.75, 3.05) is 13.1 Å². The molecular weight excluding hydrogens is 286 g/mol. The Kier molecular flexibility index (Phi) is 3.59. The third-order valence-electron chi connectivity index (χ3n) is 3.36. The van der Waals surface area contributed by atoms with Crippen molar-refractivity contribution in [3.8, 4) is 11.8 Å². The zero-order chi connectivity index (χ0) is 14.8. The summed E-state index contributed by atoms with van der Waals surface area (Å²) >= 11 is 1.37. The number of carbonyl (C=O) groups is 1. The number of thiazole rings is 1. The van der Waals surface area contributed by atoms with E-state index >= 15 is 0 Å². The lowest BCUT2D eigenvalue weighted by molar-refractivity contribution is 0.0181. The Balaban J connectivity index is 1.55. The molecule has 0 atom stereocenters. The number of likely N-dealkylation sites (tertiary alicyclic amines) is 1. The van der Waals surface area contributed by atoms with Crippen LogP contribution in [-0.4, -0.2) is 35.0 Å². The number of nitrogens with zero attached hydrogens (tertiary/aromatic N) is 3. The van der Waals surface area contributed by atoms with Gasteiger partial charge in [0.05, 0.1) is 35.9 Å². The first kappa shape index (κ1) is 13.6. The Labute approximate surface area is 126 Å². The monoisotopic (exact) mass is 299 g/mol. The molecule has 1 aliphatic heterocycles. The average Bonchev–Trinajstić information content (AvgIpc) is 2.88. The van der Waals surface area contributed by atoms with Gasteiger partial charge in [0.25, 0.3) is 5.91 Å². The van der Waals surface area contributed by atoms with Crippen LogP contribution in [0.3, 0.4) is 0 Å². The van der Waals surface area contributed by atoms with E-state index in [0.717, 1.165) is 11.4 Å². The minimum absolute atomic E-state index is 0.00936. The highest BCUT2D eigenvalue weighted by Gasteiger charge is 2.34. The first-order valence-corrected chi connectivity index (χ1v) is 7.41. The fourth-order valence-electron chi connectivity index (χ4n) is 2.13. The molecule has 0 bridgehead atoms. The zero-order valence-corrected chi connectivity index (χ0v) is 12.3. The summed E-state index contributed by atoms with van der Waals surface area (Å²) in [7, 11) is 0. The number of carbonyl (C=O) groups excluding carboxylic acids is 1. The van der Waals surface area contributed by atoms with Gasteiger partial charge in [0.1, 0.15) is 16.7 Å². The van der Waals surface area contributed by atoms with Gasteiger partial charge in [-0.25, -0.2) is 4.98 Å². The molecule has 2 heterocycles.